The number of hydrogen-bond acceptors (Lipinski definition) is 6. The van der Waals surface area contributed by atoms with Crippen LogP contribution in [0.5, 0.6) is 11.5 Å². The van der Waals surface area contributed by atoms with Crippen LogP contribution in [0.1, 0.15) is 48.6 Å². The summed E-state index contributed by atoms with van der Waals surface area (Å²) in [5.41, 5.74) is 3.29. The molecule has 0 aliphatic carbocycles. The van der Waals surface area contributed by atoms with Crippen molar-refractivity contribution in [3.8, 4) is 11.5 Å². The molecule has 1 amide bonds. The zero-order valence-electron chi connectivity index (χ0n) is 23.7. The smallest absolute Gasteiger partial charge is 0.295 e. The second-order valence-electron chi connectivity index (χ2n) is 9.92. The van der Waals surface area contributed by atoms with Gasteiger partial charge in [-0.05, 0) is 56.2 Å². The summed E-state index contributed by atoms with van der Waals surface area (Å²) in [6.45, 7) is 9.53. The van der Waals surface area contributed by atoms with Gasteiger partial charge in [-0.2, -0.15) is 0 Å². The number of carbonyl (C=O) groups excluding carboxylic acids is 2. The third-order valence-corrected chi connectivity index (χ3v) is 7.37. The van der Waals surface area contributed by atoms with E-state index >= 15 is 0 Å². The highest BCUT2D eigenvalue weighted by Gasteiger charge is 2.46. The molecule has 7 nitrogen and oxygen atoms in total. The summed E-state index contributed by atoms with van der Waals surface area (Å²) in [5, 5.41) is 11.3. The highest BCUT2D eigenvalue weighted by Crippen LogP contribution is 2.42. The molecule has 40 heavy (non-hydrogen) atoms. The number of amides is 1. The zero-order chi connectivity index (χ0) is 28.6. The van der Waals surface area contributed by atoms with Crippen LogP contribution in [0.4, 0.5) is 0 Å². The monoisotopic (exact) mass is 542 g/mol. The number of aliphatic hydroxyl groups excluding tert-OH is 1. The molecular formula is C33H38N2O5. The summed E-state index contributed by atoms with van der Waals surface area (Å²) in [7, 11) is 1.56. The third kappa shape index (κ3) is 6.37. The van der Waals surface area contributed by atoms with E-state index in [1.165, 1.54) is 0 Å². The van der Waals surface area contributed by atoms with Crippen molar-refractivity contribution in [3.05, 3.63) is 101 Å². The number of nitrogens with zero attached hydrogens (tertiary/aromatic N) is 2. The fraction of sp³-hybridized carbons (Fsp3) is 0.333. The molecule has 0 aromatic heterocycles. The Bertz CT molecular complexity index is 1350. The van der Waals surface area contributed by atoms with Gasteiger partial charge in [0, 0.05) is 12.1 Å². The van der Waals surface area contributed by atoms with Crippen LogP contribution in [0.25, 0.3) is 5.76 Å². The van der Waals surface area contributed by atoms with Gasteiger partial charge in [-0.1, -0.05) is 80.1 Å². The molecule has 0 saturated carbocycles. The van der Waals surface area contributed by atoms with Crippen LogP contribution in [0, 0.1) is 6.92 Å². The Morgan fingerprint density at radius 2 is 1.65 bits per heavy atom. The maximum Gasteiger partial charge on any atom is 0.295 e. The molecular weight excluding hydrogens is 504 g/mol. The van der Waals surface area contributed by atoms with Crippen LogP contribution >= 0.6 is 0 Å². The number of aryl methyl sites for hydroxylation is 1. The van der Waals surface area contributed by atoms with E-state index in [1.54, 1.807) is 36.3 Å². The minimum Gasteiger partial charge on any atom is -0.507 e. The van der Waals surface area contributed by atoms with E-state index < -0.39 is 17.7 Å². The van der Waals surface area contributed by atoms with E-state index in [0.29, 0.717) is 42.2 Å². The standard InChI is InChI=1S/C33H38N2O5/c1-5-34(6-2)19-10-20-35-30(29(32(37)33(35)38)31(36)25-15-13-23(3)14-16-25)26-17-18-27(28(21-26)39-4)40-22-24-11-8-7-9-12-24/h7-9,11-18,21,30,36H,5-6,10,19-20,22H2,1-4H3. The third-order valence-electron chi connectivity index (χ3n) is 7.37. The normalized spacial score (nSPS) is 16.5. The van der Waals surface area contributed by atoms with E-state index in [9.17, 15) is 14.7 Å². The van der Waals surface area contributed by atoms with Gasteiger partial charge < -0.3 is 24.4 Å². The predicted molar refractivity (Wildman–Crippen MR) is 156 cm³/mol. The van der Waals surface area contributed by atoms with Gasteiger partial charge in [-0.25, -0.2) is 0 Å². The molecule has 1 unspecified atom stereocenters. The van der Waals surface area contributed by atoms with Crippen LogP contribution in [-0.4, -0.2) is 59.9 Å². The van der Waals surface area contributed by atoms with Gasteiger partial charge in [-0.15, -0.1) is 0 Å². The first kappa shape index (κ1) is 28.9. The number of ketones is 1. The lowest BCUT2D eigenvalue weighted by molar-refractivity contribution is -0.140. The maximum atomic E-state index is 13.4. The van der Waals surface area contributed by atoms with E-state index in [1.807, 2.05) is 55.5 Å². The number of methoxy groups -OCH3 is 1. The van der Waals surface area contributed by atoms with Gasteiger partial charge in [0.2, 0.25) is 0 Å². The minimum absolute atomic E-state index is 0.0803. The molecule has 0 radical (unpaired) electrons. The summed E-state index contributed by atoms with van der Waals surface area (Å²) in [6, 6.07) is 21.7. The van der Waals surface area contributed by atoms with Crippen molar-refractivity contribution in [1.82, 2.24) is 9.80 Å². The first-order valence-corrected chi connectivity index (χ1v) is 13.8. The van der Waals surface area contributed by atoms with Crippen LogP contribution in [0.3, 0.4) is 0 Å². The Kier molecular flexibility index (Phi) is 9.61. The Hall–Kier alpha value is -4.10. The minimum atomic E-state index is -0.755. The highest BCUT2D eigenvalue weighted by molar-refractivity contribution is 6.46. The van der Waals surface area contributed by atoms with Crippen molar-refractivity contribution >= 4 is 17.4 Å². The summed E-state index contributed by atoms with van der Waals surface area (Å²) >= 11 is 0. The molecule has 1 saturated heterocycles. The fourth-order valence-electron chi connectivity index (χ4n) is 5.04. The quantitative estimate of drug-likeness (QED) is 0.179. The number of Topliss-reactive ketones (excluding diaryl/α,β-unsaturated/α-hetero) is 1. The number of benzene rings is 3. The molecule has 1 aliphatic heterocycles. The molecule has 3 aromatic carbocycles. The second kappa shape index (κ2) is 13.3. The van der Waals surface area contributed by atoms with Crippen molar-refractivity contribution in [2.75, 3.05) is 33.3 Å². The lowest BCUT2D eigenvalue weighted by Gasteiger charge is -2.27. The van der Waals surface area contributed by atoms with Gasteiger partial charge in [0.15, 0.2) is 11.5 Å². The average Bonchev–Trinajstić information content (AvgIpc) is 3.23. The lowest BCUT2D eigenvalue weighted by atomic mass is 9.94. The zero-order valence-corrected chi connectivity index (χ0v) is 23.7. The second-order valence-corrected chi connectivity index (χ2v) is 9.92. The molecule has 1 heterocycles. The Balaban J connectivity index is 1.71. The van der Waals surface area contributed by atoms with Crippen LogP contribution in [0.15, 0.2) is 78.4 Å². The van der Waals surface area contributed by atoms with E-state index in [2.05, 4.69) is 18.7 Å². The summed E-state index contributed by atoms with van der Waals surface area (Å²) in [6.07, 6.45) is 0.700. The lowest BCUT2D eigenvalue weighted by Crippen LogP contribution is -2.33. The van der Waals surface area contributed by atoms with Crippen molar-refractivity contribution in [1.29, 1.82) is 0 Å². The van der Waals surface area contributed by atoms with Crippen LogP contribution < -0.4 is 9.47 Å². The summed E-state index contributed by atoms with van der Waals surface area (Å²) in [4.78, 5) is 30.6. The predicted octanol–water partition coefficient (Wildman–Crippen LogP) is 5.74. The molecule has 1 fully saturated rings. The molecule has 210 valence electrons. The van der Waals surface area contributed by atoms with Crippen LogP contribution in [0.2, 0.25) is 0 Å². The molecule has 7 heteroatoms. The van der Waals surface area contributed by atoms with Crippen LogP contribution in [-0.2, 0) is 16.2 Å². The molecule has 0 spiro atoms. The molecule has 0 bridgehead atoms. The summed E-state index contributed by atoms with van der Waals surface area (Å²) < 4.78 is 11.7. The number of aliphatic hydroxyl groups is 1. The van der Waals surface area contributed by atoms with Gasteiger partial charge in [0.05, 0.1) is 18.7 Å². The number of carbonyl (C=O) groups is 2. The van der Waals surface area contributed by atoms with Gasteiger partial charge in [0.25, 0.3) is 11.7 Å². The maximum absolute atomic E-state index is 13.4. The highest BCUT2D eigenvalue weighted by atomic mass is 16.5. The van der Waals surface area contributed by atoms with Crippen molar-refractivity contribution in [3.63, 3.8) is 0 Å². The fourth-order valence-corrected chi connectivity index (χ4v) is 5.04. The van der Waals surface area contributed by atoms with Crippen molar-refractivity contribution in [2.24, 2.45) is 0 Å². The van der Waals surface area contributed by atoms with Gasteiger partial charge in [0.1, 0.15) is 12.4 Å². The first-order valence-electron chi connectivity index (χ1n) is 13.8. The largest absolute Gasteiger partial charge is 0.507 e. The molecule has 3 aromatic rings. The summed E-state index contributed by atoms with van der Waals surface area (Å²) in [5.74, 6) is -0.446. The number of ether oxygens (including phenoxy) is 2. The Morgan fingerprint density at radius 3 is 2.30 bits per heavy atom. The van der Waals surface area contributed by atoms with E-state index in [0.717, 1.165) is 30.8 Å². The Labute approximate surface area is 236 Å². The molecule has 1 atom stereocenters. The van der Waals surface area contributed by atoms with Gasteiger partial charge >= 0.3 is 0 Å². The first-order chi connectivity index (χ1) is 19.4. The van der Waals surface area contributed by atoms with Gasteiger partial charge in [-0.3, -0.25) is 9.59 Å². The topological polar surface area (TPSA) is 79.3 Å². The number of rotatable bonds is 12. The Morgan fingerprint density at radius 1 is 0.950 bits per heavy atom. The van der Waals surface area contributed by atoms with E-state index in [-0.39, 0.29) is 11.3 Å². The van der Waals surface area contributed by atoms with E-state index in [4.69, 9.17) is 9.47 Å². The number of hydrogen-bond donors (Lipinski definition) is 1. The molecule has 4 rings (SSSR count). The average molecular weight is 543 g/mol. The van der Waals surface area contributed by atoms with Crippen molar-refractivity contribution in [2.45, 2.75) is 39.8 Å². The molecule has 1 N–H and O–H groups in total. The SMILES string of the molecule is CCN(CC)CCCN1C(=O)C(=O)C(=C(O)c2ccc(C)cc2)C1c1ccc(OCc2ccccc2)c(OC)c1. The molecule has 1 aliphatic rings. The number of likely N-dealkylation sites (tertiary alicyclic amines) is 1. The van der Waals surface area contributed by atoms with Crippen molar-refractivity contribution < 1.29 is 24.2 Å².